The lowest BCUT2D eigenvalue weighted by atomic mass is 9.88. The molecule has 2 unspecified atom stereocenters. The van der Waals surface area contributed by atoms with Crippen LogP contribution in [-0.2, 0) is 17.8 Å². The van der Waals surface area contributed by atoms with E-state index in [2.05, 4.69) is 59.7 Å². The number of pyridine rings is 1. The summed E-state index contributed by atoms with van der Waals surface area (Å²) in [6.45, 7) is 2.70. The Morgan fingerprint density at radius 2 is 2.00 bits per heavy atom. The number of allylic oxidation sites excluding steroid dienone is 3. The Kier molecular flexibility index (Phi) is 8.70. The summed E-state index contributed by atoms with van der Waals surface area (Å²) >= 11 is 0. The van der Waals surface area contributed by atoms with Crippen LogP contribution in [0.2, 0.25) is 0 Å². The number of nitrogens with one attached hydrogen (secondary N) is 1. The molecule has 1 aromatic carbocycles. The van der Waals surface area contributed by atoms with Crippen molar-refractivity contribution < 1.29 is 9.90 Å². The van der Waals surface area contributed by atoms with Gasteiger partial charge < -0.3 is 10.4 Å². The molecule has 0 saturated heterocycles. The second-order valence-electron chi connectivity index (χ2n) is 10.0. The van der Waals surface area contributed by atoms with Crippen LogP contribution in [0.15, 0.2) is 72.6 Å². The van der Waals surface area contributed by atoms with Crippen LogP contribution in [0.4, 0.5) is 0 Å². The van der Waals surface area contributed by atoms with E-state index in [1.807, 2.05) is 12.1 Å². The van der Waals surface area contributed by atoms with E-state index in [0.717, 1.165) is 50.5 Å². The number of aromatic nitrogens is 1. The maximum absolute atomic E-state index is 12.1. The quantitative estimate of drug-likeness (QED) is 0.335. The summed E-state index contributed by atoms with van der Waals surface area (Å²) in [5.74, 6) is 1.45. The minimum Gasteiger partial charge on any atom is -0.392 e. The molecule has 4 rings (SSSR count). The van der Waals surface area contributed by atoms with Gasteiger partial charge in [-0.3, -0.25) is 9.78 Å². The van der Waals surface area contributed by atoms with Crippen molar-refractivity contribution in [2.75, 3.05) is 0 Å². The fraction of sp³-hybridized carbons (Fsp3) is 0.467. The van der Waals surface area contributed by atoms with Crippen LogP contribution in [0, 0.1) is 24.7 Å². The first-order valence-corrected chi connectivity index (χ1v) is 12.8. The third-order valence-corrected chi connectivity index (χ3v) is 7.38. The Labute approximate surface area is 204 Å². The van der Waals surface area contributed by atoms with Gasteiger partial charge in [0.1, 0.15) is 0 Å². The van der Waals surface area contributed by atoms with E-state index in [1.54, 1.807) is 12.4 Å². The molecule has 34 heavy (non-hydrogen) atoms. The lowest BCUT2D eigenvalue weighted by Gasteiger charge is -2.18. The van der Waals surface area contributed by atoms with Crippen LogP contribution in [0.3, 0.4) is 0 Å². The number of nitrogens with zero attached hydrogens (tertiary/aromatic N) is 1. The molecule has 1 fully saturated rings. The molecule has 2 aromatic rings. The number of amides is 1. The number of carbonyl (C=O) groups excluding carboxylic acids is 1. The van der Waals surface area contributed by atoms with Crippen LogP contribution in [-0.4, -0.2) is 22.1 Å². The van der Waals surface area contributed by atoms with Crippen molar-refractivity contribution in [3.05, 3.63) is 89.3 Å². The van der Waals surface area contributed by atoms with Crippen molar-refractivity contribution in [1.82, 2.24) is 10.3 Å². The Morgan fingerprint density at radius 1 is 1.15 bits per heavy atom. The van der Waals surface area contributed by atoms with Gasteiger partial charge in [-0.15, -0.1) is 0 Å². The fourth-order valence-electron chi connectivity index (χ4n) is 5.59. The maximum Gasteiger partial charge on any atom is 0.220 e. The summed E-state index contributed by atoms with van der Waals surface area (Å²) in [6, 6.07) is 12.6. The minimum absolute atomic E-state index is 0.119. The highest BCUT2D eigenvalue weighted by Crippen LogP contribution is 2.48. The third-order valence-electron chi connectivity index (χ3n) is 7.38. The standard InChI is InChI=1S/C30H38N2O2/c1-22-7-6-10-23(17-22)8-2-4-11-27-28-19-25(18-26(28)20-29(27)33)9-3-5-12-30(34)32-21-24-13-15-31-16-14-24/h4,6-7,10-11,13-18,26-29,33H,2-3,5,8-9,12,19-21H2,1H3,(H,32,34)/b11-4+/t26-,27?,28?,29+/m0/s1. The molecule has 0 radical (unpaired) electrons. The summed E-state index contributed by atoms with van der Waals surface area (Å²) in [5, 5.41) is 13.6. The van der Waals surface area contributed by atoms with Crippen molar-refractivity contribution in [1.29, 1.82) is 0 Å². The SMILES string of the molecule is Cc1cccc(CC/C=C/C2C3CC(CCCCC(=O)NCc4ccncc4)=C[C@H]3C[C@H]2O)c1. The van der Waals surface area contributed by atoms with Gasteiger partial charge in [-0.25, -0.2) is 0 Å². The van der Waals surface area contributed by atoms with Crippen molar-refractivity contribution in [3.63, 3.8) is 0 Å². The number of fused-ring (bicyclic) bond motifs is 1. The molecule has 4 atom stereocenters. The number of carbonyl (C=O) groups is 1. The average Bonchev–Trinajstić information content (AvgIpc) is 3.35. The molecule has 4 heteroatoms. The van der Waals surface area contributed by atoms with Gasteiger partial charge in [-0.05, 0) is 87.0 Å². The zero-order valence-corrected chi connectivity index (χ0v) is 20.3. The van der Waals surface area contributed by atoms with Gasteiger partial charge in [0.25, 0.3) is 0 Å². The van der Waals surface area contributed by atoms with E-state index in [1.165, 1.54) is 16.7 Å². The molecular weight excluding hydrogens is 420 g/mol. The van der Waals surface area contributed by atoms with Crippen LogP contribution >= 0.6 is 0 Å². The van der Waals surface area contributed by atoms with Crippen molar-refractivity contribution in [3.8, 4) is 0 Å². The second kappa shape index (κ2) is 12.1. The zero-order valence-electron chi connectivity index (χ0n) is 20.3. The normalized spacial score (nSPS) is 23.8. The Balaban J connectivity index is 1.14. The highest BCUT2D eigenvalue weighted by molar-refractivity contribution is 5.75. The first-order valence-electron chi connectivity index (χ1n) is 12.8. The van der Waals surface area contributed by atoms with Gasteiger partial charge in [-0.1, -0.05) is 53.6 Å². The van der Waals surface area contributed by atoms with Crippen LogP contribution < -0.4 is 5.32 Å². The molecule has 2 N–H and O–H groups in total. The summed E-state index contributed by atoms with van der Waals surface area (Å²) in [7, 11) is 0. The van der Waals surface area contributed by atoms with Crippen LogP contribution in [0.1, 0.15) is 61.6 Å². The molecule has 180 valence electrons. The van der Waals surface area contributed by atoms with Crippen LogP contribution in [0.5, 0.6) is 0 Å². The van der Waals surface area contributed by atoms with Gasteiger partial charge >= 0.3 is 0 Å². The lowest BCUT2D eigenvalue weighted by Crippen LogP contribution is -2.22. The van der Waals surface area contributed by atoms with Gasteiger partial charge in [0.2, 0.25) is 5.91 Å². The zero-order chi connectivity index (χ0) is 23.8. The average molecular weight is 459 g/mol. The van der Waals surface area contributed by atoms with E-state index in [4.69, 9.17) is 0 Å². The molecule has 2 aliphatic carbocycles. The van der Waals surface area contributed by atoms with E-state index in [9.17, 15) is 9.90 Å². The number of benzene rings is 1. The van der Waals surface area contributed by atoms with Gasteiger partial charge in [0, 0.05) is 31.3 Å². The Morgan fingerprint density at radius 3 is 2.82 bits per heavy atom. The van der Waals surface area contributed by atoms with Gasteiger partial charge in [0.15, 0.2) is 0 Å². The maximum atomic E-state index is 12.1. The summed E-state index contributed by atoms with van der Waals surface area (Å²) in [5.41, 5.74) is 5.29. The molecule has 1 aromatic heterocycles. The van der Waals surface area contributed by atoms with Crippen molar-refractivity contribution in [2.45, 2.75) is 70.9 Å². The topological polar surface area (TPSA) is 62.2 Å². The second-order valence-corrected chi connectivity index (χ2v) is 10.0. The number of aliphatic hydroxyl groups excluding tert-OH is 1. The van der Waals surface area contributed by atoms with Gasteiger partial charge in [-0.2, -0.15) is 0 Å². The van der Waals surface area contributed by atoms with E-state index >= 15 is 0 Å². The first kappa shape index (κ1) is 24.4. The minimum atomic E-state index is -0.216. The monoisotopic (exact) mass is 458 g/mol. The van der Waals surface area contributed by atoms with Crippen molar-refractivity contribution >= 4 is 5.91 Å². The van der Waals surface area contributed by atoms with Crippen molar-refractivity contribution in [2.24, 2.45) is 17.8 Å². The molecular formula is C30H38N2O2. The number of aliphatic hydroxyl groups is 1. The first-order chi connectivity index (χ1) is 16.6. The molecule has 2 aliphatic rings. The summed E-state index contributed by atoms with van der Waals surface area (Å²) < 4.78 is 0. The smallest absolute Gasteiger partial charge is 0.220 e. The lowest BCUT2D eigenvalue weighted by molar-refractivity contribution is -0.121. The molecule has 1 amide bonds. The predicted molar refractivity (Wildman–Crippen MR) is 137 cm³/mol. The van der Waals surface area contributed by atoms with Crippen LogP contribution in [0.25, 0.3) is 0 Å². The number of rotatable bonds is 11. The summed E-state index contributed by atoms with van der Waals surface area (Å²) in [6.07, 6.45) is 18.0. The molecule has 0 bridgehead atoms. The van der Waals surface area contributed by atoms with E-state index in [-0.39, 0.29) is 17.9 Å². The van der Waals surface area contributed by atoms with E-state index < -0.39 is 0 Å². The molecule has 4 nitrogen and oxygen atoms in total. The highest BCUT2D eigenvalue weighted by atomic mass is 16.3. The third kappa shape index (κ3) is 6.89. The fourth-order valence-corrected chi connectivity index (χ4v) is 5.59. The van der Waals surface area contributed by atoms with E-state index in [0.29, 0.717) is 24.8 Å². The number of hydrogen-bond donors (Lipinski definition) is 2. The number of unbranched alkanes of at least 4 members (excludes halogenated alkanes) is 1. The van der Waals surface area contributed by atoms with Gasteiger partial charge in [0.05, 0.1) is 6.10 Å². The molecule has 1 saturated carbocycles. The predicted octanol–water partition coefficient (Wildman–Crippen LogP) is 5.70. The summed E-state index contributed by atoms with van der Waals surface area (Å²) in [4.78, 5) is 16.1. The Bertz CT molecular complexity index is 998. The molecule has 1 heterocycles. The highest BCUT2D eigenvalue weighted by Gasteiger charge is 2.43. The molecule has 0 aliphatic heterocycles. The number of hydrogen-bond acceptors (Lipinski definition) is 3. The molecule has 0 spiro atoms. The largest absolute Gasteiger partial charge is 0.392 e. The number of aryl methyl sites for hydroxylation is 2. The Hall–Kier alpha value is -2.72.